The van der Waals surface area contributed by atoms with Crippen molar-refractivity contribution >= 4 is 33.3 Å². The first-order valence-electron chi connectivity index (χ1n) is 15.5. The van der Waals surface area contributed by atoms with Gasteiger partial charge in [-0.3, -0.25) is 9.59 Å². The Morgan fingerprint density at radius 1 is 0.958 bits per heavy atom. The first kappa shape index (κ1) is 31.3. The van der Waals surface area contributed by atoms with Gasteiger partial charge >= 0.3 is 0 Å². The number of hydrogen-bond acceptors (Lipinski definition) is 10. The Morgan fingerprint density at radius 3 is 2.44 bits per heavy atom. The third kappa shape index (κ3) is 5.43. The minimum Gasteiger partial charge on any atom is -0.493 e. The van der Waals surface area contributed by atoms with Gasteiger partial charge in [0.2, 0.25) is 5.88 Å². The molecule has 2 aromatic heterocycles. The number of benzene rings is 3. The molecular formula is C35H33F2N5O6. The predicted octanol–water partition coefficient (Wildman–Crippen LogP) is 5.16. The number of carbonyl (C=O) groups excluding carboxylic acids is 1. The summed E-state index contributed by atoms with van der Waals surface area (Å²) in [4.78, 5) is 39.8. The number of methoxy groups -OCH3 is 2. The fourth-order valence-corrected chi connectivity index (χ4v) is 6.30. The maximum Gasteiger partial charge on any atom is 0.230 e. The molecule has 48 heavy (non-hydrogen) atoms. The number of Topliss-reactive ketones (excluding diaryl/α,β-unsaturated/α-hetero) is 1. The molecule has 3 aromatic carbocycles. The second kappa shape index (κ2) is 12.4. The van der Waals surface area contributed by atoms with Crippen molar-refractivity contribution in [2.24, 2.45) is 0 Å². The Balaban J connectivity index is 1.18. The van der Waals surface area contributed by atoms with E-state index < -0.39 is 22.8 Å². The van der Waals surface area contributed by atoms with Gasteiger partial charge in [-0.2, -0.15) is 0 Å². The molecule has 11 nitrogen and oxygen atoms in total. The first-order valence-corrected chi connectivity index (χ1v) is 15.5. The number of ketones is 1. The number of aromatic nitrogens is 3. The highest BCUT2D eigenvalue weighted by atomic mass is 19.1. The highest BCUT2D eigenvalue weighted by Gasteiger charge is 2.31. The third-order valence-corrected chi connectivity index (χ3v) is 8.93. The van der Waals surface area contributed by atoms with E-state index in [9.17, 15) is 9.59 Å². The maximum absolute atomic E-state index is 15.7. The molecule has 0 N–H and O–H groups in total. The van der Waals surface area contributed by atoms with E-state index in [4.69, 9.17) is 18.9 Å². The normalized spacial score (nSPS) is 16.2. The van der Waals surface area contributed by atoms with Crippen LogP contribution in [0, 0.1) is 11.6 Å². The summed E-state index contributed by atoms with van der Waals surface area (Å²) >= 11 is 0. The fraction of sp³-hybridized carbons (Fsp3) is 0.314. The SMILES string of the molecule is COc1cc2ncnc(Oc3ccc(CC(=O)c4cn5c6c(c(N7CCN(C)CC7)c(F)cc6c4=O)OC[C@@H]5C)cc3F)c2cc1OC. The van der Waals surface area contributed by atoms with E-state index in [1.54, 1.807) is 18.2 Å². The molecule has 7 rings (SSSR count). The smallest absolute Gasteiger partial charge is 0.230 e. The molecule has 1 saturated heterocycles. The number of nitrogens with zero attached hydrogens (tertiary/aromatic N) is 5. The van der Waals surface area contributed by atoms with Crippen molar-refractivity contribution < 1.29 is 32.5 Å². The largest absolute Gasteiger partial charge is 0.493 e. The zero-order valence-corrected chi connectivity index (χ0v) is 26.9. The van der Waals surface area contributed by atoms with Gasteiger partial charge < -0.3 is 33.3 Å². The molecule has 13 heteroatoms. The Labute approximate surface area is 274 Å². The predicted molar refractivity (Wildman–Crippen MR) is 175 cm³/mol. The van der Waals surface area contributed by atoms with Gasteiger partial charge in [-0.15, -0.1) is 0 Å². The van der Waals surface area contributed by atoms with Crippen LogP contribution in [0.4, 0.5) is 14.5 Å². The van der Waals surface area contributed by atoms with E-state index in [-0.39, 0.29) is 41.6 Å². The van der Waals surface area contributed by atoms with Crippen molar-refractivity contribution in [1.82, 2.24) is 19.4 Å². The van der Waals surface area contributed by atoms with Crippen molar-refractivity contribution in [1.29, 1.82) is 0 Å². The van der Waals surface area contributed by atoms with Crippen LogP contribution in [0.2, 0.25) is 0 Å². The van der Waals surface area contributed by atoms with Crippen LogP contribution in [-0.4, -0.2) is 79.3 Å². The van der Waals surface area contributed by atoms with Crippen molar-refractivity contribution in [3.05, 3.63) is 81.9 Å². The average molecular weight is 658 g/mol. The number of piperazine rings is 1. The summed E-state index contributed by atoms with van der Waals surface area (Å²) in [6, 6.07) is 8.40. The summed E-state index contributed by atoms with van der Waals surface area (Å²) in [7, 11) is 5.01. The summed E-state index contributed by atoms with van der Waals surface area (Å²) in [6.45, 7) is 4.92. The topological polar surface area (TPSA) is 108 Å². The van der Waals surface area contributed by atoms with Crippen LogP contribution in [0.1, 0.15) is 28.9 Å². The Morgan fingerprint density at radius 2 is 1.71 bits per heavy atom. The minimum atomic E-state index is -0.730. The van der Waals surface area contributed by atoms with Gasteiger partial charge in [-0.1, -0.05) is 6.07 Å². The molecule has 2 aliphatic rings. The Kier molecular flexibility index (Phi) is 8.07. The first-order chi connectivity index (χ1) is 23.2. The van der Waals surface area contributed by atoms with Crippen molar-refractivity contribution in [3.8, 4) is 28.9 Å². The highest BCUT2D eigenvalue weighted by Crippen LogP contribution is 2.42. The van der Waals surface area contributed by atoms with Crippen LogP contribution in [0.3, 0.4) is 0 Å². The van der Waals surface area contributed by atoms with Crippen molar-refractivity contribution in [2.45, 2.75) is 19.4 Å². The molecule has 1 fully saturated rings. The van der Waals surface area contributed by atoms with Crippen molar-refractivity contribution in [2.75, 3.05) is 59.0 Å². The number of halogens is 2. The van der Waals surface area contributed by atoms with Crippen molar-refractivity contribution in [3.63, 3.8) is 0 Å². The summed E-state index contributed by atoms with van der Waals surface area (Å²) in [6.07, 6.45) is 2.55. The lowest BCUT2D eigenvalue weighted by Gasteiger charge is -2.37. The van der Waals surface area contributed by atoms with E-state index in [1.165, 1.54) is 44.9 Å². The van der Waals surface area contributed by atoms with Gasteiger partial charge in [-0.05, 0) is 43.8 Å². The summed E-state index contributed by atoms with van der Waals surface area (Å²) in [5.41, 5.74) is 0.927. The number of carbonyl (C=O) groups is 1. The van der Waals surface area contributed by atoms with Crippen LogP contribution < -0.4 is 29.3 Å². The molecular weight excluding hydrogens is 624 g/mol. The van der Waals surface area contributed by atoms with E-state index in [2.05, 4.69) is 14.9 Å². The second-order valence-corrected chi connectivity index (χ2v) is 12.0. The Hall–Kier alpha value is -5.30. The van der Waals surface area contributed by atoms with Gasteiger partial charge in [0.15, 0.2) is 45.8 Å². The quantitative estimate of drug-likeness (QED) is 0.208. The van der Waals surface area contributed by atoms with E-state index in [1.807, 2.05) is 23.4 Å². The van der Waals surface area contributed by atoms with Gasteiger partial charge in [0.25, 0.3) is 0 Å². The van der Waals surface area contributed by atoms with E-state index in [0.29, 0.717) is 58.0 Å². The number of hydrogen-bond donors (Lipinski definition) is 0. The second-order valence-electron chi connectivity index (χ2n) is 12.0. The molecule has 0 saturated carbocycles. The number of ether oxygens (including phenoxy) is 4. The van der Waals surface area contributed by atoms with Crippen LogP contribution in [0.15, 0.2) is 53.7 Å². The van der Waals surface area contributed by atoms with E-state index >= 15 is 8.78 Å². The molecule has 0 spiro atoms. The molecule has 0 bridgehead atoms. The molecule has 0 amide bonds. The molecule has 0 unspecified atom stereocenters. The van der Waals surface area contributed by atoms with E-state index in [0.717, 1.165) is 13.1 Å². The number of anilines is 1. The average Bonchev–Trinajstić information content (AvgIpc) is 3.08. The lowest BCUT2D eigenvalue weighted by Crippen LogP contribution is -2.45. The number of rotatable bonds is 8. The summed E-state index contributed by atoms with van der Waals surface area (Å²) in [5.74, 6) is -0.640. The Bertz CT molecular complexity index is 2150. The van der Waals surface area contributed by atoms with Crippen LogP contribution in [0.25, 0.3) is 21.8 Å². The highest BCUT2D eigenvalue weighted by molar-refractivity contribution is 6.02. The molecule has 4 heterocycles. The summed E-state index contributed by atoms with van der Waals surface area (Å²) in [5, 5.41) is 0.545. The fourth-order valence-electron chi connectivity index (χ4n) is 6.30. The molecule has 248 valence electrons. The molecule has 5 aromatic rings. The monoisotopic (exact) mass is 657 g/mol. The molecule has 2 aliphatic heterocycles. The van der Waals surface area contributed by atoms with Gasteiger partial charge in [0.05, 0.1) is 47.6 Å². The van der Waals surface area contributed by atoms with Gasteiger partial charge in [0, 0.05) is 44.9 Å². The van der Waals surface area contributed by atoms with Gasteiger partial charge in [-0.25, -0.2) is 18.7 Å². The lowest BCUT2D eigenvalue weighted by atomic mass is 10.00. The summed E-state index contributed by atoms with van der Waals surface area (Å²) < 4.78 is 55.5. The molecule has 1 atom stereocenters. The number of likely N-dealkylation sites (N-methyl/N-ethyl adjacent to an activating group) is 1. The maximum atomic E-state index is 15.7. The third-order valence-electron chi connectivity index (χ3n) is 8.93. The number of fused-ring (bicyclic) bond motifs is 1. The van der Waals surface area contributed by atoms with Crippen LogP contribution in [-0.2, 0) is 6.42 Å². The molecule has 0 aliphatic carbocycles. The zero-order valence-electron chi connectivity index (χ0n) is 26.9. The molecule has 0 radical (unpaired) electrons. The zero-order chi connectivity index (χ0) is 33.7. The minimum absolute atomic E-state index is 0.0685. The standard InChI is InChI=1S/C35H33F2N5O6/c1-19-17-47-34-31-22(13-25(37)32(34)41-9-7-40(2)8-10-41)33(44)23(16-42(19)31)27(43)12-20-5-6-28(24(36)11-20)48-35-21-14-29(45-3)30(46-4)15-26(21)38-18-39-35/h5-6,11,13-16,18-19H,7-10,12,17H2,1-4H3/t19-/m0/s1. The van der Waals surface area contributed by atoms with Crippen LogP contribution >= 0.6 is 0 Å². The van der Waals surface area contributed by atoms with Gasteiger partial charge in [0.1, 0.15) is 18.6 Å². The van der Waals surface area contributed by atoms with Crippen LogP contribution in [0.5, 0.6) is 28.9 Å². The number of pyridine rings is 1. The lowest BCUT2D eigenvalue weighted by molar-refractivity contribution is 0.0991.